The van der Waals surface area contributed by atoms with Crippen molar-refractivity contribution in [2.24, 2.45) is 5.92 Å². The maximum atomic E-state index is 12.5. The zero-order valence-corrected chi connectivity index (χ0v) is 23.4. The average Bonchev–Trinajstić information content (AvgIpc) is 3.02. The van der Waals surface area contributed by atoms with Gasteiger partial charge in [0.05, 0.1) is 24.4 Å². The van der Waals surface area contributed by atoms with Crippen molar-refractivity contribution in [2.75, 3.05) is 25.5 Å². The summed E-state index contributed by atoms with van der Waals surface area (Å²) >= 11 is 0. The van der Waals surface area contributed by atoms with Crippen molar-refractivity contribution in [1.29, 1.82) is 0 Å². The van der Waals surface area contributed by atoms with E-state index in [-0.39, 0.29) is 30.6 Å². The number of nitrogens with zero attached hydrogens (tertiary/aromatic N) is 3. The van der Waals surface area contributed by atoms with Crippen LogP contribution in [0.1, 0.15) is 52.1 Å². The van der Waals surface area contributed by atoms with E-state index in [2.05, 4.69) is 34.2 Å². The van der Waals surface area contributed by atoms with E-state index in [1.165, 1.54) is 6.20 Å². The third-order valence-electron chi connectivity index (χ3n) is 7.46. The molecule has 41 heavy (non-hydrogen) atoms. The second kappa shape index (κ2) is 13.6. The first-order valence-electron chi connectivity index (χ1n) is 13.9. The van der Waals surface area contributed by atoms with Crippen LogP contribution in [-0.2, 0) is 22.5 Å². The first-order valence-corrected chi connectivity index (χ1v) is 13.9. The molecule has 2 aromatic heterocycles. The van der Waals surface area contributed by atoms with Gasteiger partial charge in [-0.2, -0.15) is 0 Å². The summed E-state index contributed by atoms with van der Waals surface area (Å²) in [6.45, 7) is 3.75. The van der Waals surface area contributed by atoms with Crippen LogP contribution >= 0.6 is 0 Å². The molecule has 0 unspecified atom stereocenters. The highest BCUT2D eigenvalue weighted by molar-refractivity contribution is 6.04. The van der Waals surface area contributed by atoms with Crippen molar-refractivity contribution >= 4 is 11.6 Å². The van der Waals surface area contributed by atoms with Crippen LogP contribution in [0.4, 0.5) is 5.69 Å². The summed E-state index contributed by atoms with van der Waals surface area (Å²) in [5, 5.41) is 12.4. The Morgan fingerprint density at radius 3 is 2.41 bits per heavy atom. The summed E-state index contributed by atoms with van der Waals surface area (Å²) in [5.41, 5.74) is 5.01. The van der Waals surface area contributed by atoms with Gasteiger partial charge in [0.15, 0.2) is 6.29 Å². The minimum absolute atomic E-state index is 0.000453. The van der Waals surface area contributed by atoms with Gasteiger partial charge in [-0.25, -0.2) is 0 Å². The Bertz CT molecular complexity index is 1380. The quantitative estimate of drug-likeness (QED) is 0.280. The van der Waals surface area contributed by atoms with E-state index in [0.717, 1.165) is 41.9 Å². The fourth-order valence-corrected chi connectivity index (χ4v) is 5.00. The van der Waals surface area contributed by atoms with Gasteiger partial charge in [0, 0.05) is 61.0 Å². The Labute approximate surface area is 241 Å². The molecule has 2 aromatic carbocycles. The second-order valence-corrected chi connectivity index (χ2v) is 10.5. The lowest BCUT2D eigenvalue weighted by atomic mass is 9.90. The molecule has 4 atom stereocenters. The van der Waals surface area contributed by atoms with Crippen LogP contribution in [0.2, 0.25) is 0 Å². The lowest BCUT2D eigenvalue weighted by Crippen LogP contribution is -2.43. The number of nitrogens with one attached hydrogen (secondary N) is 1. The Hall–Kier alpha value is -3.95. The molecule has 0 aliphatic carbocycles. The summed E-state index contributed by atoms with van der Waals surface area (Å²) in [4.78, 5) is 23.3. The van der Waals surface area contributed by atoms with Crippen molar-refractivity contribution in [3.05, 3.63) is 125 Å². The average molecular weight is 553 g/mol. The largest absolute Gasteiger partial charge is 0.392 e. The van der Waals surface area contributed by atoms with E-state index in [9.17, 15) is 9.90 Å². The highest BCUT2D eigenvalue weighted by Gasteiger charge is 2.38. The summed E-state index contributed by atoms with van der Waals surface area (Å²) in [6.07, 6.45) is 5.00. The Balaban J connectivity index is 1.31. The number of rotatable bonds is 10. The van der Waals surface area contributed by atoms with Gasteiger partial charge in [-0.15, -0.1) is 0 Å². The van der Waals surface area contributed by atoms with Crippen molar-refractivity contribution in [1.82, 2.24) is 14.9 Å². The molecule has 1 saturated heterocycles. The van der Waals surface area contributed by atoms with Gasteiger partial charge in [-0.05, 0) is 54.6 Å². The van der Waals surface area contributed by atoms with Crippen molar-refractivity contribution < 1.29 is 19.4 Å². The number of amides is 1. The van der Waals surface area contributed by atoms with Gasteiger partial charge in [0.2, 0.25) is 0 Å². The molecule has 8 heteroatoms. The number of hydrogen-bond acceptors (Lipinski definition) is 7. The molecule has 0 radical (unpaired) electrons. The molecule has 0 spiro atoms. The molecule has 1 aliphatic rings. The van der Waals surface area contributed by atoms with Crippen LogP contribution in [0.3, 0.4) is 0 Å². The van der Waals surface area contributed by atoms with Crippen LogP contribution in [0.15, 0.2) is 97.5 Å². The number of hydrogen-bond donors (Lipinski definition) is 2. The predicted octanol–water partition coefficient (Wildman–Crippen LogP) is 5.19. The number of carbonyl (C=O) groups excluding carboxylic acids is 1. The molecule has 4 aromatic rings. The van der Waals surface area contributed by atoms with E-state index in [0.29, 0.717) is 11.3 Å². The number of aromatic nitrogens is 2. The lowest BCUT2D eigenvalue weighted by molar-refractivity contribution is -0.275. The number of anilines is 1. The van der Waals surface area contributed by atoms with Crippen molar-refractivity contribution in [3.63, 3.8) is 0 Å². The molecular weight excluding hydrogens is 516 g/mol. The number of aliphatic hydroxyl groups excluding tert-OH is 1. The standard InChI is InChI=1S/C33H36N4O4/c1-23-30(21-37(2)19-16-28-7-3-4-18-35-28)40-33(41-31(23)25-10-8-24(22-38)9-11-25)26-12-14-29(15-13-26)36-32(39)27-6-5-17-34-20-27/h3-15,17-18,20,23,30-31,33,38H,16,19,21-22H2,1-2H3,(H,36,39)/t23-,30+,31+,33+/m0/s1. The Morgan fingerprint density at radius 1 is 0.951 bits per heavy atom. The Morgan fingerprint density at radius 2 is 1.73 bits per heavy atom. The first-order chi connectivity index (χ1) is 20.0. The third kappa shape index (κ3) is 7.42. The number of pyridine rings is 2. The molecule has 1 amide bonds. The van der Waals surface area contributed by atoms with Gasteiger partial charge >= 0.3 is 0 Å². The predicted molar refractivity (Wildman–Crippen MR) is 157 cm³/mol. The molecule has 212 valence electrons. The Kier molecular flexibility index (Phi) is 9.48. The van der Waals surface area contributed by atoms with Gasteiger partial charge in [-0.1, -0.05) is 49.4 Å². The first kappa shape index (κ1) is 28.6. The zero-order valence-electron chi connectivity index (χ0n) is 23.4. The SMILES string of the molecule is C[C@H]1[C@@H](CN(C)CCc2ccccn2)O[C@@H](c2ccc(NC(=O)c3cccnc3)cc2)O[C@H]1c1ccc(CO)cc1. The van der Waals surface area contributed by atoms with Gasteiger partial charge < -0.3 is 24.8 Å². The molecular formula is C33H36N4O4. The normalized spacial score (nSPS) is 20.6. The van der Waals surface area contributed by atoms with Crippen LogP contribution in [0, 0.1) is 5.92 Å². The second-order valence-electron chi connectivity index (χ2n) is 10.5. The minimum atomic E-state index is -0.578. The fourth-order valence-electron chi connectivity index (χ4n) is 5.00. The molecule has 2 N–H and O–H groups in total. The van der Waals surface area contributed by atoms with Crippen LogP contribution in [0.5, 0.6) is 0 Å². The van der Waals surface area contributed by atoms with E-state index in [4.69, 9.17) is 9.47 Å². The third-order valence-corrected chi connectivity index (χ3v) is 7.46. The van der Waals surface area contributed by atoms with Crippen LogP contribution in [0.25, 0.3) is 0 Å². The van der Waals surface area contributed by atoms with Gasteiger partial charge in [0.1, 0.15) is 0 Å². The topological polar surface area (TPSA) is 96.8 Å². The smallest absolute Gasteiger partial charge is 0.257 e. The van der Waals surface area contributed by atoms with E-state index in [1.807, 2.05) is 72.9 Å². The highest BCUT2D eigenvalue weighted by Crippen LogP contribution is 2.42. The molecule has 5 rings (SSSR count). The number of carbonyl (C=O) groups is 1. The molecule has 8 nitrogen and oxygen atoms in total. The summed E-state index contributed by atoms with van der Waals surface area (Å²) < 4.78 is 13.1. The van der Waals surface area contributed by atoms with Gasteiger partial charge in [0.25, 0.3) is 5.91 Å². The monoisotopic (exact) mass is 552 g/mol. The number of likely N-dealkylation sites (N-methyl/N-ethyl adjacent to an activating group) is 1. The number of benzene rings is 2. The zero-order chi connectivity index (χ0) is 28.6. The van der Waals surface area contributed by atoms with Gasteiger partial charge in [-0.3, -0.25) is 14.8 Å². The summed E-state index contributed by atoms with van der Waals surface area (Å²) in [5.74, 6) is -0.133. The van der Waals surface area contributed by atoms with Crippen LogP contribution in [-0.4, -0.2) is 52.1 Å². The molecule has 1 fully saturated rings. The molecule has 3 heterocycles. The highest BCUT2D eigenvalue weighted by atomic mass is 16.7. The van der Waals surface area contributed by atoms with E-state index in [1.54, 1.807) is 18.3 Å². The van der Waals surface area contributed by atoms with E-state index >= 15 is 0 Å². The van der Waals surface area contributed by atoms with Crippen molar-refractivity contribution in [2.45, 2.75) is 38.4 Å². The number of aliphatic hydroxyl groups is 1. The number of ether oxygens (including phenoxy) is 2. The fraction of sp³-hybridized carbons (Fsp3) is 0.303. The maximum Gasteiger partial charge on any atom is 0.257 e. The maximum absolute atomic E-state index is 12.5. The van der Waals surface area contributed by atoms with Crippen LogP contribution < -0.4 is 5.32 Å². The summed E-state index contributed by atoms with van der Waals surface area (Å²) in [6, 6.07) is 24.9. The molecule has 1 aliphatic heterocycles. The lowest BCUT2D eigenvalue weighted by Gasteiger charge is -2.42. The van der Waals surface area contributed by atoms with Crippen molar-refractivity contribution in [3.8, 4) is 0 Å². The minimum Gasteiger partial charge on any atom is -0.392 e. The molecule has 0 saturated carbocycles. The molecule has 0 bridgehead atoms. The van der Waals surface area contributed by atoms with E-state index < -0.39 is 6.29 Å². The summed E-state index contributed by atoms with van der Waals surface area (Å²) in [7, 11) is 2.11.